The van der Waals surface area contributed by atoms with E-state index >= 15 is 0 Å². The molecule has 1 saturated heterocycles. The number of benzene rings is 2. The van der Waals surface area contributed by atoms with Crippen molar-refractivity contribution in [2.24, 2.45) is 0 Å². The van der Waals surface area contributed by atoms with Gasteiger partial charge in [0.15, 0.2) is 0 Å². The van der Waals surface area contributed by atoms with E-state index in [1.54, 1.807) is 17.0 Å². The monoisotopic (exact) mass is 433 g/mol. The fraction of sp³-hybridized carbons (Fsp3) is 0.385. The second kappa shape index (κ2) is 10.1. The molecule has 2 amide bonds. The highest BCUT2D eigenvalue weighted by molar-refractivity contribution is 6.01. The van der Waals surface area contributed by atoms with Crippen molar-refractivity contribution < 1.29 is 14.3 Å². The first-order valence-electron chi connectivity index (χ1n) is 11.3. The summed E-state index contributed by atoms with van der Waals surface area (Å²) in [5.41, 5.74) is 0.528. The van der Waals surface area contributed by atoms with Crippen molar-refractivity contribution in [3.05, 3.63) is 83.9 Å². The first-order valence-corrected chi connectivity index (χ1v) is 11.3. The predicted octanol–water partition coefficient (Wildman–Crippen LogP) is 2.52. The van der Waals surface area contributed by atoms with Gasteiger partial charge in [0.05, 0.1) is 13.2 Å². The molecule has 2 aliphatic rings. The van der Waals surface area contributed by atoms with E-state index in [2.05, 4.69) is 10.2 Å². The molecule has 1 N–H and O–H groups in total. The molecule has 6 nitrogen and oxygen atoms in total. The highest BCUT2D eigenvalue weighted by Gasteiger charge is 2.49. The third kappa shape index (κ3) is 4.76. The molecule has 4 rings (SSSR count). The van der Waals surface area contributed by atoms with E-state index in [0.29, 0.717) is 18.5 Å². The highest BCUT2D eigenvalue weighted by atomic mass is 16.5. The molecular formula is C26H31N3O3. The average Bonchev–Trinajstić information content (AvgIpc) is 3.17. The Hall–Kier alpha value is -2.96. The van der Waals surface area contributed by atoms with Crippen LogP contribution in [0.25, 0.3) is 0 Å². The summed E-state index contributed by atoms with van der Waals surface area (Å²) in [4.78, 5) is 31.3. The zero-order valence-corrected chi connectivity index (χ0v) is 18.6. The molecule has 1 fully saturated rings. The Labute approximate surface area is 189 Å². The van der Waals surface area contributed by atoms with Gasteiger partial charge in [0, 0.05) is 44.2 Å². The maximum absolute atomic E-state index is 13.7. The fourth-order valence-corrected chi connectivity index (χ4v) is 4.54. The van der Waals surface area contributed by atoms with Crippen molar-refractivity contribution in [3.8, 4) is 0 Å². The highest BCUT2D eigenvalue weighted by Crippen LogP contribution is 2.33. The van der Waals surface area contributed by atoms with Gasteiger partial charge in [-0.1, -0.05) is 60.7 Å². The third-order valence-electron chi connectivity index (χ3n) is 6.25. The summed E-state index contributed by atoms with van der Waals surface area (Å²) in [7, 11) is 0. The molecule has 2 heterocycles. The maximum Gasteiger partial charge on any atom is 0.255 e. The van der Waals surface area contributed by atoms with Gasteiger partial charge in [0.1, 0.15) is 5.54 Å². The van der Waals surface area contributed by atoms with E-state index in [4.69, 9.17) is 4.74 Å². The summed E-state index contributed by atoms with van der Waals surface area (Å²) in [6, 6.07) is 18.9. The van der Waals surface area contributed by atoms with Gasteiger partial charge in [-0.2, -0.15) is 0 Å². The van der Waals surface area contributed by atoms with Crippen LogP contribution in [0.5, 0.6) is 0 Å². The van der Waals surface area contributed by atoms with Crippen molar-refractivity contribution in [2.45, 2.75) is 24.9 Å². The van der Waals surface area contributed by atoms with Crippen LogP contribution in [0.1, 0.15) is 22.8 Å². The van der Waals surface area contributed by atoms with Crippen LogP contribution in [-0.4, -0.2) is 72.6 Å². The Morgan fingerprint density at radius 1 is 1.03 bits per heavy atom. The summed E-state index contributed by atoms with van der Waals surface area (Å²) in [6.07, 6.45) is 4.30. The van der Waals surface area contributed by atoms with E-state index in [0.717, 1.165) is 38.4 Å². The number of nitrogens with one attached hydrogen (secondary N) is 1. The Balaban J connectivity index is 1.58. The molecule has 168 valence electrons. The molecule has 0 aliphatic carbocycles. The van der Waals surface area contributed by atoms with Crippen molar-refractivity contribution in [1.82, 2.24) is 15.1 Å². The molecule has 0 aromatic heterocycles. The minimum atomic E-state index is -1.07. The summed E-state index contributed by atoms with van der Waals surface area (Å²) in [5, 5.41) is 3.12. The minimum Gasteiger partial charge on any atom is -0.379 e. The van der Waals surface area contributed by atoms with E-state index in [1.165, 1.54) is 0 Å². The fourth-order valence-electron chi connectivity index (χ4n) is 4.54. The number of hydrogen-bond acceptors (Lipinski definition) is 4. The average molecular weight is 434 g/mol. The number of carbonyl (C=O) groups is 2. The number of amides is 2. The molecule has 0 saturated carbocycles. The lowest BCUT2D eigenvalue weighted by Crippen LogP contribution is -2.61. The Bertz CT molecular complexity index is 941. The smallest absolute Gasteiger partial charge is 0.255 e. The van der Waals surface area contributed by atoms with Gasteiger partial charge in [-0.05, 0) is 24.6 Å². The van der Waals surface area contributed by atoms with Gasteiger partial charge >= 0.3 is 0 Å². The molecule has 0 radical (unpaired) electrons. The van der Waals surface area contributed by atoms with Gasteiger partial charge in [0.25, 0.3) is 5.91 Å². The summed E-state index contributed by atoms with van der Waals surface area (Å²) in [5.74, 6) is -0.276. The Morgan fingerprint density at radius 2 is 1.69 bits per heavy atom. The number of ether oxygens (including phenoxy) is 1. The maximum atomic E-state index is 13.7. The first kappa shape index (κ1) is 22.2. The van der Waals surface area contributed by atoms with E-state index in [9.17, 15) is 9.59 Å². The SMILES string of the molecule is C[C@@H]1C=C[C@](Cc2ccccc2)(C(=O)NCCN2CCOCC2)N1C(=O)c1ccccc1. The molecule has 2 aromatic carbocycles. The zero-order chi connectivity index (χ0) is 22.4. The van der Waals surface area contributed by atoms with Crippen molar-refractivity contribution >= 4 is 11.8 Å². The topological polar surface area (TPSA) is 61.9 Å². The summed E-state index contributed by atoms with van der Waals surface area (Å²) >= 11 is 0. The van der Waals surface area contributed by atoms with Crippen molar-refractivity contribution in [1.29, 1.82) is 0 Å². The van der Waals surface area contributed by atoms with Crippen molar-refractivity contribution in [2.75, 3.05) is 39.4 Å². The molecule has 0 unspecified atom stereocenters. The molecule has 2 atom stereocenters. The van der Waals surface area contributed by atoms with Gasteiger partial charge in [0.2, 0.25) is 5.91 Å². The molecule has 0 spiro atoms. The number of morpholine rings is 1. The van der Waals surface area contributed by atoms with Gasteiger partial charge in [-0.25, -0.2) is 0 Å². The van der Waals surface area contributed by atoms with Gasteiger partial charge in [-0.3, -0.25) is 14.5 Å². The van der Waals surface area contributed by atoms with Crippen LogP contribution in [0.2, 0.25) is 0 Å². The van der Waals surface area contributed by atoms with E-state index in [1.807, 2.05) is 67.6 Å². The second-order valence-corrected chi connectivity index (χ2v) is 8.44. The van der Waals surface area contributed by atoms with Gasteiger partial charge in [-0.15, -0.1) is 0 Å². The lowest BCUT2D eigenvalue weighted by Gasteiger charge is -2.39. The quantitative estimate of drug-likeness (QED) is 0.682. The standard InChI is InChI=1S/C26H31N3O3/c1-21-12-13-26(20-22-8-4-2-5-9-22,29(21)24(30)23-10-6-3-7-11-23)25(31)27-14-15-28-16-18-32-19-17-28/h2-13,21H,14-20H2,1H3,(H,27,31)/t21-,26+/m1/s1. The lowest BCUT2D eigenvalue weighted by atomic mass is 9.88. The van der Waals surface area contributed by atoms with Crippen LogP contribution in [0, 0.1) is 0 Å². The van der Waals surface area contributed by atoms with Crippen LogP contribution in [0.4, 0.5) is 0 Å². The van der Waals surface area contributed by atoms with E-state index < -0.39 is 5.54 Å². The number of hydrogen-bond donors (Lipinski definition) is 1. The first-order chi connectivity index (χ1) is 15.6. The van der Waals surface area contributed by atoms with Gasteiger partial charge < -0.3 is 15.0 Å². The van der Waals surface area contributed by atoms with Crippen LogP contribution < -0.4 is 5.32 Å². The predicted molar refractivity (Wildman–Crippen MR) is 124 cm³/mol. The largest absolute Gasteiger partial charge is 0.379 e. The summed E-state index contributed by atoms with van der Waals surface area (Å²) < 4.78 is 5.40. The minimum absolute atomic E-state index is 0.137. The molecule has 0 bridgehead atoms. The second-order valence-electron chi connectivity index (χ2n) is 8.44. The number of rotatable bonds is 7. The molecule has 2 aromatic rings. The van der Waals surface area contributed by atoms with E-state index in [-0.39, 0.29) is 17.9 Å². The number of carbonyl (C=O) groups excluding carboxylic acids is 2. The third-order valence-corrected chi connectivity index (χ3v) is 6.25. The molecule has 6 heteroatoms. The number of nitrogens with zero attached hydrogens (tertiary/aromatic N) is 2. The van der Waals surface area contributed by atoms with Crippen molar-refractivity contribution in [3.63, 3.8) is 0 Å². The van der Waals surface area contributed by atoms with Crippen LogP contribution >= 0.6 is 0 Å². The summed E-state index contributed by atoms with van der Waals surface area (Å²) in [6.45, 7) is 6.47. The lowest BCUT2D eigenvalue weighted by molar-refractivity contribution is -0.129. The Kier molecular flexibility index (Phi) is 7.02. The van der Waals surface area contributed by atoms with Crippen LogP contribution in [0.3, 0.4) is 0 Å². The molecule has 32 heavy (non-hydrogen) atoms. The molecule has 2 aliphatic heterocycles. The zero-order valence-electron chi connectivity index (χ0n) is 18.6. The normalized spacial score (nSPS) is 23.3. The Morgan fingerprint density at radius 3 is 2.38 bits per heavy atom. The van der Waals surface area contributed by atoms with Crippen LogP contribution in [0.15, 0.2) is 72.8 Å². The molecular weight excluding hydrogens is 402 g/mol. The van der Waals surface area contributed by atoms with Crippen LogP contribution in [-0.2, 0) is 16.0 Å².